The summed E-state index contributed by atoms with van der Waals surface area (Å²) in [6.45, 7) is 0.544. The summed E-state index contributed by atoms with van der Waals surface area (Å²) in [5.41, 5.74) is 2.03. The average Bonchev–Trinajstić information content (AvgIpc) is 3.07. The lowest BCUT2D eigenvalue weighted by atomic mass is 10.2. The van der Waals surface area contributed by atoms with E-state index in [-0.39, 0.29) is 0 Å². The fraction of sp³-hybridized carbons (Fsp3) is 0.188. The van der Waals surface area contributed by atoms with E-state index >= 15 is 0 Å². The van der Waals surface area contributed by atoms with Crippen molar-refractivity contribution in [3.05, 3.63) is 54.6 Å². The van der Waals surface area contributed by atoms with Gasteiger partial charge in [0, 0.05) is 25.5 Å². The van der Waals surface area contributed by atoms with Crippen molar-refractivity contribution in [2.24, 2.45) is 0 Å². The predicted molar refractivity (Wildman–Crippen MR) is 89.9 cm³/mol. The van der Waals surface area contributed by atoms with Gasteiger partial charge in [-0.15, -0.1) is 5.10 Å². The summed E-state index contributed by atoms with van der Waals surface area (Å²) in [5.74, 6) is 1.90. The van der Waals surface area contributed by atoms with Gasteiger partial charge in [0.15, 0.2) is 5.82 Å². The molecule has 2 N–H and O–H groups in total. The highest BCUT2D eigenvalue weighted by molar-refractivity contribution is 5.59. The van der Waals surface area contributed by atoms with Crippen molar-refractivity contribution in [1.82, 2.24) is 15.2 Å². The van der Waals surface area contributed by atoms with Gasteiger partial charge in [0.05, 0.1) is 19.0 Å². The van der Waals surface area contributed by atoms with Crippen LogP contribution in [-0.2, 0) is 6.54 Å². The molecule has 0 amide bonds. The third-order valence-corrected chi connectivity index (χ3v) is 3.22. The highest BCUT2D eigenvalue weighted by atomic mass is 16.3. The highest BCUT2D eigenvalue weighted by Gasteiger charge is 2.03. The first-order valence-corrected chi connectivity index (χ1v) is 7.21. The number of nitrogens with one attached hydrogen (secondary N) is 2. The van der Waals surface area contributed by atoms with E-state index in [9.17, 15) is 0 Å². The van der Waals surface area contributed by atoms with E-state index in [1.807, 2.05) is 55.4 Å². The topological polar surface area (TPSA) is 79.1 Å². The van der Waals surface area contributed by atoms with Gasteiger partial charge < -0.3 is 20.0 Å². The van der Waals surface area contributed by atoms with Crippen LogP contribution in [0.25, 0.3) is 0 Å². The van der Waals surface area contributed by atoms with Crippen LogP contribution < -0.4 is 15.5 Å². The molecule has 0 aliphatic heterocycles. The van der Waals surface area contributed by atoms with E-state index in [1.165, 1.54) is 0 Å². The van der Waals surface area contributed by atoms with E-state index in [1.54, 1.807) is 12.5 Å². The van der Waals surface area contributed by atoms with E-state index in [0.717, 1.165) is 17.1 Å². The zero-order chi connectivity index (χ0) is 16.1. The number of rotatable bonds is 6. The molecule has 7 heteroatoms. The third-order valence-electron chi connectivity index (χ3n) is 3.22. The van der Waals surface area contributed by atoms with Gasteiger partial charge in [-0.25, -0.2) is 0 Å². The molecule has 118 valence electrons. The number of anilines is 4. The molecule has 0 spiro atoms. The van der Waals surface area contributed by atoms with Gasteiger partial charge >= 0.3 is 0 Å². The van der Waals surface area contributed by atoms with Gasteiger partial charge in [0.2, 0.25) is 5.95 Å². The summed E-state index contributed by atoms with van der Waals surface area (Å²) < 4.78 is 5.27. The van der Waals surface area contributed by atoms with Crippen LogP contribution >= 0.6 is 0 Å². The number of benzene rings is 1. The molecule has 0 aliphatic carbocycles. The lowest BCUT2D eigenvalue weighted by Gasteiger charge is -2.13. The zero-order valence-electron chi connectivity index (χ0n) is 13.0. The molecule has 0 unspecified atom stereocenters. The summed E-state index contributed by atoms with van der Waals surface area (Å²) >= 11 is 0. The van der Waals surface area contributed by atoms with Crippen LogP contribution in [0.15, 0.2) is 53.3 Å². The molecule has 7 nitrogen and oxygen atoms in total. The van der Waals surface area contributed by atoms with E-state index in [4.69, 9.17) is 4.42 Å². The monoisotopic (exact) mass is 310 g/mol. The van der Waals surface area contributed by atoms with Crippen molar-refractivity contribution in [2.45, 2.75) is 6.54 Å². The van der Waals surface area contributed by atoms with Crippen LogP contribution in [0.1, 0.15) is 5.76 Å². The molecule has 3 rings (SSSR count). The second-order valence-electron chi connectivity index (χ2n) is 5.16. The van der Waals surface area contributed by atoms with Gasteiger partial charge in [0.25, 0.3) is 0 Å². The number of hydrogen-bond acceptors (Lipinski definition) is 7. The van der Waals surface area contributed by atoms with Crippen molar-refractivity contribution < 1.29 is 4.42 Å². The molecule has 23 heavy (non-hydrogen) atoms. The second-order valence-corrected chi connectivity index (χ2v) is 5.16. The predicted octanol–water partition coefficient (Wildman–Crippen LogP) is 2.89. The van der Waals surface area contributed by atoms with Gasteiger partial charge in [-0.05, 0) is 36.4 Å². The van der Waals surface area contributed by atoms with Crippen LogP contribution in [0.3, 0.4) is 0 Å². The minimum absolute atomic E-state index is 0.437. The molecule has 3 aromatic rings. The van der Waals surface area contributed by atoms with Gasteiger partial charge in [-0.3, -0.25) is 0 Å². The van der Waals surface area contributed by atoms with Crippen LogP contribution in [0, 0.1) is 0 Å². The van der Waals surface area contributed by atoms with Gasteiger partial charge in [0.1, 0.15) is 5.76 Å². The Bertz CT molecular complexity index is 740. The van der Waals surface area contributed by atoms with Crippen LogP contribution in [0.5, 0.6) is 0 Å². The third kappa shape index (κ3) is 3.97. The fourth-order valence-corrected chi connectivity index (χ4v) is 2.00. The average molecular weight is 310 g/mol. The maximum atomic E-state index is 5.27. The summed E-state index contributed by atoms with van der Waals surface area (Å²) in [7, 11) is 4.01. The molecule has 0 aliphatic rings. The smallest absolute Gasteiger partial charge is 0.249 e. The van der Waals surface area contributed by atoms with Crippen LogP contribution in [-0.4, -0.2) is 29.3 Å². The molecule has 0 fully saturated rings. The van der Waals surface area contributed by atoms with E-state index in [0.29, 0.717) is 18.3 Å². The van der Waals surface area contributed by atoms with Crippen molar-refractivity contribution >= 4 is 23.1 Å². The zero-order valence-corrected chi connectivity index (χ0v) is 13.0. The lowest BCUT2D eigenvalue weighted by Crippen LogP contribution is -2.08. The molecule has 2 heterocycles. The van der Waals surface area contributed by atoms with Gasteiger partial charge in [-0.1, -0.05) is 0 Å². The Labute approximate surface area is 134 Å². The summed E-state index contributed by atoms with van der Waals surface area (Å²) in [5, 5.41) is 14.2. The van der Waals surface area contributed by atoms with Gasteiger partial charge in [-0.2, -0.15) is 10.1 Å². The van der Waals surface area contributed by atoms with Crippen molar-refractivity contribution in [1.29, 1.82) is 0 Å². The molecule has 0 bridgehead atoms. The molecule has 0 saturated heterocycles. The molecule has 1 aromatic carbocycles. The summed E-state index contributed by atoms with van der Waals surface area (Å²) in [6.07, 6.45) is 3.21. The number of furan rings is 1. The highest BCUT2D eigenvalue weighted by Crippen LogP contribution is 2.18. The van der Waals surface area contributed by atoms with E-state index < -0.39 is 0 Å². The first-order chi connectivity index (χ1) is 11.2. The lowest BCUT2D eigenvalue weighted by molar-refractivity contribution is 0.517. The van der Waals surface area contributed by atoms with Crippen LogP contribution in [0.4, 0.5) is 23.1 Å². The summed E-state index contributed by atoms with van der Waals surface area (Å²) in [4.78, 5) is 6.42. The largest absolute Gasteiger partial charge is 0.467 e. The Morgan fingerprint density at radius 2 is 1.96 bits per heavy atom. The quantitative estimate of drug-likeness (QED) is 0.724. The van der Waals surface area contributed by atoms with Crippen molar-refractivity contribution in [2.75, 3.05) is 29.6 Å². The molecule has 2 aromatic heterocycles. The fourth-order valence-electron chi connectivity index (χ4n) is 2.00. The first-order valence-electron chi connectivity index (χ1n) is 7.21. The Hall–Kier alpha value is -3.09. The molecular formula is C16H18N6O. The molecule has 0 atom stereocenters. The maximum Gasteiger partial charge on any atom is 0.249 e. The Balaban J connectivity index is 1.64. The van der Waals surface area contributed by atoms with Crippen molar-refractivity contribution in [3.63, 3.8) is 0 Å². The Morgan fingerprint density at radius 3 is 2.65 bits per heavy atom. The minimum Gasteiger partial charge on any atom is -0.467 e. The maximum absolute atomic E-state index is 5.27. The number of aromatic nitrogens is 3. The SMILES string of the molecule is CN(C)c1ccc(Nc2nncc(NCc3ccco3)n2)cc1. The molecule has 0 radical (unpaired) electrons. The first kappa shape index (κ1) is 14.8. The summed E-state index contributed by atoms with van der Waals surface area (Å²) in [6, 6.07) is 11.7. The van der Waals surface area contributed by atoms with Crippen LogP contribution in [0.2, 0.25) is 0 Å². The number of nitrogens with zero attached hydrogens (tertiary/aromatic N) is 4. The Kier molecular flexibility index (Phi) is 4.37. The van der Waals surface area contributed by atoms with E-state index in [2.05, 4.69) is 25.8 Å². The molecular weight excluding hydrogens is 292 g/mol. The normalized spacial score (nSPS) is 10.3. The standard InChI is InChI=1S/C16H18N6O/c1-22(2)13-7-5-12(6-8-13)19-16-20-15(11-18-21-16)17-10-14-4-3-9-23-14/h3-9,11H,10H2,1-2H3,(H2,17,19,20,21). The Morgan fingerprint density at radius 1 is 1.13 bits per heavy atom. The number of hydrogen-bond donors (Lipinski definition) is 2. The van der Waals surface area contributed by atoms with Crippen molar-refractivity contribution in [3.8, 4) is 0 Å². The molecule has 0 saturated carbocycles. The second kappa shape index (κ2) is 6.78. The minimum atomic E-state index is 0.437.